The van der Waals surface area contributed by atoms with Gasteiger partial charge < -0.3 is 10.1 Å². The van der Waals surface area contributed by atoms with Gasteiger partial charge >= 0.3 is 0 Å². The molecule has 0 aliphatic carbocycles. The number of sulfonamides is 1. The van der Waals surface area contributed by atoms with E-state index in [0.717, 1.165) is 10.6 Å². The van der Waals surface area contributed by atoms with Gasteiger partial charge in [0.2, 0.25) is 15.9 Å². The molecule has 0 bridgehead atoms. The van der Waals surface area contributed by atoms with Crippen LogP contribution in [0.1, 0.15) is 13.3 Å². The molecule has 6 nitrogen and oxygen atoms in total. The molecule has 9 heteroatoms. The summed E-state index contributed by atoms with van der Waals surface area (Å²) in [5, 5.41) is 3.51. The Hall–Kier alpha value is -1.96. The van der Waals surface area contributed by atoms with Crippen molar-refractivity contribution in [2.75, 3.05) is 23.0 Å². The number of nitrogens with one attached hydrogen (secondary N) is 1. The zero-order valence-corrected chi connectivity index (χ0v) is 17.4. The maximum Gasteiger partial charge on any atom is 0.248 e. The van der Waals surface area contributed by atoms with E-state index in [1.165, 1.54) is 13.2 Å². The molecule has 27 heavy (non-hydrogen) atoms. The van der Waals surface area contributed by atoms with Crippen molar-refractivity contribution in [3.8, 4) is 5.75 Å². The number of carbonyl (C=O) groups is 1. The molecule has 2 aromatic rings. The van der Waals surface area contributed by atoms with E-state index in [-0.39, 0.29) is 6.42 Å². The van der Waals surface area contributed by atoms with Crippen molar-refractivity contribution in [2.24, 2.45) is 0 Å². The van der Waals surface area contributed by atoms with Crippen molar-refractivity contribution in [1.29, 1.82) is 0 Å². The number of nitrogens with zero attached hydrogens (tertiary/aromatic N) is 1. The Bertz CT molecular complexity index is 917. The van der Waals surface area contributed by atoms with Gasteiger partial charge in [-0.05, 0) is 48.9 Å². The average Bonchev–Trinajstić information content (AvgIpc) is 2.59. The molecule has 0 saturated heterocycles. The fraction of sp³-hybridized carbons (Fsp3) is 0.278. The maximum absolute atomic E-state index is 12.8. The number of halogens is 2. The quantitative estimate of drug-likeness (QED) is 0.714. The standard InChI is InChI=1S/C18H20Cl2N2O4S/c1-4-16(18(23)21-13-7-10-17(26-2)15(20)11-13)22(27(3,24)25)14-8-5-12(19)6-9-14/h5-11,16H,4H2,1-3H3,(H,21,23)/t16-/m1/s1. The molecule has 0 fully saturated rings. The molecule has 0 unspecified atom stereocenters. The summed E-state index contributed by atoms with van der Waals surface area (Å²) in [5.74, 6) is -0.000238. The Balaban J connectivity index is 2.34. The van der Waals surface area contributed by atoms with E-state index in [9.17, 15) is 13.2 Å². The van der Waals surface area contributed by atoms with Crippen LogP contribution in [0.25, 0.3) is 0 Å². The molecule has 0 radical (unpaired) electrons. The summed E-state index contributed by atoms with van der Waals surface area (Å²) in [5.41, 5.74) is 0.797. The minimum Gasteiger partial charge on any atom is -0.495 e. The third kappa shape index (κ3) is 5.28. The zero-order valence-electron chi connectivity index (χ0n) is 15.1. The van der Waals surface area contributed by atoms with Crippen LogP contribution in [0.2, 0.25) is 10.0 Å². The first-order chi connectivity index (χ1) is 12.7. The van der Waals surface area contributed by atoms with E-state index in [1.54, 1.807) is 43.3 Å². The fourth-order valence-corrected chi connectivity index (χ4v) is 4.21. The van der Waals surface area contributed by atoms with Gasteiger partial charge in [0.25, 0.3) is 0 Å². The second-order valence-corrected chi connectivity index (χ2v) is 8.50. The molecule has 1 amide bonds. The van der Waals surface area contributed by atoms with Crippen LogP contribution in [0.4, 0.5) is 11.4 Å². The normalized spacial score (nSPS) is 12.3. The summed E-state index contributed by atoms with van der Waals surface area (Å²) >= 11 is 12.0. The van der Waals surface area contributed by atoms with E-state index < -0.39 is 22.0 Å². The van der Waals surface area contributed by atoms with Gasteiger partial charge in [-0.2, -0.15) is 0 Å². The number of ether oxygens (including phenoxy) is 1. The van der Waals surface area contributed by atoms with Gasteiger partial charge in [0.1, 0.15) is 11.8 Å². The van der Waals surface area contributed by atoms with Crippen molar-refractivity contribution in [2.45, 2.75) is 19.4 Å². The highest BCUT2D eigenvalue weighted by Gasteiger charge is 2.31. The number of rotatable bonds is 7. The minimum atomic E-state index is -3.71. The molecule has 2 aromatic carbocycles. The average molecular weight is 431 g/mol. The molecule has 146 valence electrons. The lowest BCUT2D eigenvalue weighted by molar-refractivity contribution is -0.117. The summed E-state index contributed by atoms with van der Waals surface area (Å²) in [6.45, 7) is 1.74. The highest BCUT2D eigenvalue weighted by atomic mass is 35.5. The van der Waals surface area contributed by atoms with Gasteiger partial charge in [-0.3, -0.25) is 9.10 Å². The number of hydrogen-bond acceptors (Lipinski definition) is 4. The lowest BCUT2D eigenvalue weighted by Crippen LogP contribution is -2.47. The van der Waals surface area contributed by atoms with Crippen LogP contribution in [0.5, 0.6) is 5.75 Å². The van der Waals surface area contributed by atoms with Crippen LogP contribution < -0.4 is 14.4 Å². The Morgan fingerprint density at radius 3 is 2.30 bits per heavy atom. The van der Waals surface area contributed by atoms with Gasteiger partial charge in [0.05, 0.1) is 24.1 Å². The second kappa shape index (κ2) is 8.82. The zero-order chi connectivity index (χ0) is 20.2. The third-order valence-corrected chi connectivity index (χ3v) is 5.56. The number of hydrogen-bond donors (Lipinski definition) is 1. The van der Waals surface area contributed by atoms with Crippen molar-refractivity contribution in [3.05, 3.63) is 52.5 Å². The van der Waals surface area contributed by atoms with Gasteiger partial charge in [-0.15, -0.1) is 0 Å². The molecular weight excluding hydrogens is 411 g/mol. The predicted molar refractivity (Wildman–Crippen MR) is 109 cm³/mol. The topological polar surface area (TPSA) is 75.7 Å². The highest BCUT2D eigenvalue weighted by Crippen LogP contribution is 2.28. The highest BCUT2D eigenvalue weighted by molar-refractivity contribution is 7.92. The molecular formula is C18H20Cl2N2O4S. The predicted octanol–water partition coefficient (Wildman–Crippen LogP) is 4.19. The first kappa shape index (κ1) is 21.3. The van der Waals surface area contributed by atoms with Crippen LogP contribution >= 0.6 is 23.2 Å². The van der Waals surface area contributed by atoms with Crippen LogP contribution in [0.3, 0.4) is 0 Å². The first-order valence-electron chi connectivity index (χ1n) is 8.06. The number of anilines is 2. The maximum atomic E-state index is 12.8. The number of amides is 1. The van der Waals surface area contributed by atoms with E-state index in [0.29, 0.717) is 27.2 Å². The van der Waals surface area contributed by atoms with Gasteiger partial charge in [0, 0.05) is 10.7 Å². The molecule has 0 aromatic heterocycles. The number of methoxy groups -OCH3 is 1. The smallest absolute Gasteiger partial charge is 0.248 e. The lowest BCUT2D eigenvalue weighted by Gasteiger charge is -2.30. The Kier molecular flexibility index (Phi) is 6.97. The van der Waals surface area contributed by atoms with Crippen molar-refractivity contribution >= 4 is 50.5 Å². The SMILES string of the molecule is CC[C@H](C(=O)Nc1ccc(OC)c(Cl)c1)N(c1ccc(Cl)cc1)S(C)(=O)=O. The van der Waals surface area contributed by atoms with Gasteiger partial charge in [0.15, 0.2) is 0 Å². The van der Waals surface area contributed by atoms with Gasteiger partial charge in [-0.25, -0.2) is 8.42 Å². The van der Waals surface area contributed by atoms with E-state index >= 15 is 0 Å². The molecule has 0 heterocycles. The van der Waals surface area contributed by atoms with Crippen LogP contribution in [0.15, 0.2) is 42.5 Å². The Morgan fingerprint density at radius 2 is 1.81 bits per heavy atom. The van der Waals surface area contributed by atoms with E-state index in [1.807, 2.05) is 0 Å². The summed E-state index contributed by atoms with van der Waals surface area (Å²) in [4.78, 5) is 12.8. The van der Waals surface area contributed by atoms with Crippen LogP contribution in [-0.2, 0) is 14.8 Å². The summed E-state index contributed by atoms with van der Waals surface area (Å²) in [7, 11) is -2.23. The number of carbonyl (C=O) groups excluding carboxylic acids is 1. The van der Waals surface area contributed by atoms with Crippen LogP contribution in [0, 0.1) is 0 Å². The largest absolute Gasteiger partial charge is 0.495 e. The lowest BCUT2D eigenvalue weighted by atomic mass is 10.1. The second-order valence-electron chi connectivity index (χ2n) is 5.80. The van der Waals surface area contributed by atoms with Crippen molar-refractivity contribution < 1.29 is 17.9 Å². The molecule has 0 spiro atoms. The molecule has 0 aliphatic heterocycles. The fourth-order valence-electron chi connectivity index (χ4n) is 2.62. The van der Waals surface area contributed by atoms with Crippen molar-refractivity contribution in [3.63, 3.8) is 0 Å². The monoisotopic (exact) mass is 430 g/mol. The molecule has 1 atom stereocenters. The first-order valence-corrected chi connectivity index (χ1v) is 10.7. The molecule has 0 saturated carbocycles. The van der Waals surface area contributed by atoms with Gasteiger partial charge in [-0.1, -0.05) is 30.1 Å². The number of benzene rings is 2. The summed E-state index contributed by atoms with van der Waals surface area (Å²) < 4.78 is 30.9. The van der Waals surface area contributed by atoms with E-state index in [2.05, 4.69) is 5.32 Å². The Morgan fingerprint density at radius 1 is 1.19 bits per heavy atom. The minimum absolute atomic E-state index is 0.269. The van der Waals surface area contributed by atoms with Crippen molar-refractivity contribution in [1.82, 2.24) is 0 Å². The molecule has 1 N–H and O–H groups in total. The molecule has 2 rings (SSSR count). The summed E-state index contributed by atoms with van der Waals surface area (Å²) in [6.07, 6.45) is 1.33. The molecule has 0 aliphatic rings. The third-order valence-electron chi connectivity index (χ3n) is 3.83. The summed E-state index contributed by atoms with van der Waals surface area (Å²) in [6, 6.07) is 10.1. The van der Waals surface area contributed by atoms with Crippen LogP contribution in [-0.4, -0.2) is 33.7 Å². The van der Waals surface area contributed by atoms with E-state index in [4.69, 9.17) is 27.9 Å². The Labute approximate surface area is 169 Å².